The second kappa shape index (κ2) is 4.64. The summed E-state index contributed by atoms with van der Waals surface area (Å²) in [4.78, 5) is 11.2. The third-order valence-corrected chi connectivity index (χ3v) is 1.96. The van der Waals surface area contributed by atoms with Crippen LogP contribution in [0.2, 0.25) is 0 Å². The maximum absolute atomic E-state index is 11.2. The van der Waals surface area contributed by atoms with E-state index < -0.39 is 0 Å². The van der Waals surface area contributed by atoms with E-state index in [9.17, 15) is 4.79 Å². The van der Waals surface area contributed by atoms with E-state index in [0.29, 0.717) is 13.0 Å². The minimum Gasteiger partial charge on any atom is -0.466 e. The van der Waals surface area contributed by atoms with Crippen molar-refractivity contribution in [3.05, 3.63) is 12.2 Å². The van der Waals surface area contributed by atoms with Crippen molar-refractivity contribution in [2.75, 3.05) is 6.61 Å². The van der Waals surface area contributed by atoms with Crippen LogP contribution in [0.1, 0.15) is 13.3 Å². The molecule has 2 atom stereocenters. The van der Waals surface area contributed by atoms with Crippen LogP contribution in [-0.2, 0) is 9.53 Å². The van der Waals surface area contributed by atoms with Crippen molar-refractivity contribution in [1.82, 2.24) is 0 Å². The quantitative estimate of drug-likeness (QED) is 0.235. The van der Waals surface area contributed by atoms with Crippen molar-refractivity contribution < 1.29 is 14.7 Å². The standard InChI is InChI=1S/C9H13NO3/c1-2-13-9(11)8-4-3-7(5-8)6-10-12/h3-4,6-8,12H,2,5H2,1H3/b10-6-/t7-,8+/m1/s1. The van der Waals surface area contributed by atoms with Crippen LogP contribution in [0.4, 0.5) is 0 Å². The molecular formula is C9H13NO3. The largest absolute Gasteiger partial charge is 0.466 e. The van der Waals surface area contributed by atoms with Crippen LogP contribution >= 0.6 is 0 Å². The summed E-state index contributed by atoms with van der Waals surface area (Å²) < 4.78 is 4.86. The van der Waals surface area contributed by atoms with Gasteiger partial charge in [0.15, 0.2) is 0 Å². The molecule has 1 rings (SSSR count). The summed E-state index contributed by atoms with van der Waals surface area (Å²) in [6.45, 7) is 2.19. The van der Waals surface area contributed by atoms with Gasteiger partial charge in [0.2, 0.25) is 0 Å². The highest BCUT2D eigenvalue weighted by Crippen LogP contribution is 2.23. The maximum Gasteiger partial charge on any atom is 0.312 e. The molecule has 0 heterocycles. The van der Waals surface area contributed by atoms with Gasteiger partial charge in [0.25, 0.3) is 0 Å². The van der Waals surface area contributed by atoms with Crippen LogP contribution in [-0.4, -0.2) is 24.0 Å². The lowest BCUT2D eigenvalue weighted by Crippen LogP contribution is -2.15. The van der Waals surface area contributed by atoms with Crippen LogP contribution in [0, 0.1) is 11.8 Å². The van der Waals surface area contributed by atoms with Gasteiger partial charge in [0.05, 0.1) is 18.7 Å². The third-order valence-electron chi connectivity index (χ3n) is 1.96. The highest BCUT2D eigenvalue weighted by Gasteiger charge is 2.24. The predicted octanol–water partition coefficient (Wildman–Crippen LogP) is 1.20. The minimum atomic E-state index is -0.201. The lowest BCUT2D eigenvalue weighted by atomic mass is 10.0. The number of allylic oxidation sites excluding steroid dienone is 1. The fraction of sp³-hybridized carbons (Fsp3) is 0.556. The van der Waals surface area contributed by atoms with E-state index in [0.717, 1.165) is 0 Å². The van der Waals surface area contributed by atoms with Crippen molar-refractivity contribution in [2.24, 2.45) is 17.0 Å². The summed E-state index contributed by atoms with van der Waals surface area (Å²) in [6.07, 6.45) is 5.70. The first kappa shape index (κ1) is 9.77. The molecule has 0 spiro atoms. The summed E-state index contributed by atoms with van der Waals surface area (Å²) in [5.41, 5.74) is 0. The summed E-state index contributed by atoms with van der Waals surface area (Å²) in [5, 5.41) is 11.2. The molecule has 4 heteroatoms. The van der Waals surface area contributed by atoms with Crippen LogP contribution in [0.15, 0.2) is 17.3 Å². The summed E-state index contributed by atoms with van der Waals surface area (Å²) >= 11 is 0. The molecule has 1 aliphatic carbocycles. The molecule has 0 saturated carbocycles. The molecule has 0 unspecified atom stereocenters. The lowest BCUT2D eigenvalue weighted by molar-refractivity contribution is -0.146. The molecular weight excluding hydrogens is 170 g/mol. The van der Waals surface area contributed by atoms with Gasteiger partial charge in [0.1, 0.15) is 0 Å². The number of carbonyl (C=O) groups excluding carboxylic acids is 1. The zero-order valence-corrected chi connectivity index (χ0v) is 7.51. The van der Waals surface area contributed by atoms with Gasteiger partial charge >= 0.3 is 5.97 Å². The second-order valence-electron chi connectivity index (χ2n) is 2.91. The normalized spacial score (nSPS) is 26.8. The Balaban J connectivity index is 2.42. The van der Waals surface area contributed by atoms with Gasteiger partial charge in [0, 0.05) is 5.92 Å². The number of hydrogen-bond donors (Lipinski definition) is 1. The molecule has 4 nitrogen and oxygen atoms in total. The molecule has 0 aromatic carbocycles. The molecule has 13 heavy (non-hydrogen) atoms. The first-order valence-corrected chi connectivity index (χ1v) is 4.30. The van der Waals surface area contributed by atoms with Crippen molar-refractivity contribution >= 4 is 12.2 Å². The minimum absolute atomic E-state index is 0.0550. The lowest BCUT2D eigenvalue weighted by Gasteiger charge is -2.07. The Morgan fingerprint density at radius 1 is 1.77 bits per heavy atom. The Labute approximate surface area is 76.9 Å². The van der Waals surface area contributed by atoms with E-state index in [1.54, 1.807) is 13.0 Å². The van der Waals surface area contributed by atoms with Crippen molar-refractivity contribution in [3.8, 4) is 0 Å². The molecule has 0 amide bonds. The van der Waals surface area contributed by atoms with Gasteiger partial charge < -0.3 is 9.94 Å². The Morgan fingerprint density at radius 2 is 2.54 bits per heavy atom. The molecule has 1 aliphatic rings. The average molecular weight is 183 g/mol. The zero-order chi connectivity index (χ0) is 9.68. The van der Waals surface area contributed by atoms with Crippen molar-refractivity contribution in [3.63, 3.8) is 0 Å². The van der Waals surface area contributed by atoms with Gasteiger partial charge in [-0.3, -0.25) is 4.79 Å². The number of carbonyl (C=O) groups is 1. The number of rotatable bonds is 3. The van der Waals surface area contributed by atoms with E-state index in [1.165, 1.54) is 6.21 Å². The molecule has 0 aliphatic heterocycles. The van der Waals surface area contributed by atoms with E-state index in [2.05, 4.69) is 5.16 Å². The second-order valence-corrected chi connectivity index (χ2v) is 2.91. The van der Waals surface area contributed by atoms with Crippen LogP contribution in [0.3, 0.4) is 0 Å². The van der Waals surface area contributed by atoms with E-state index in [-0.39, 0.29) is 17.8 Å². The fourth-order valence-corrected chi connectivity index (χ4v) is 1.35. The summed E-state index contributed by atoms with van der Waals surface area (Å²) in [7, 11) is 0. The molecule has 1 N–H and O–H groups in total. The van der Waals surface area contributed by atoms with Crippen LogP contribution in [0.25, 0.3) is 0 Å². The number of esters is 1. The Bertz CT molecular complexity index is 235. The van der Waals surface area contributed by atoms with Gasteiger partial charge in [-0.2, -0.15) is 0 Å². The summed E-state index contributed by atoms with van der Waals surface area (Å²) in [5.74, 6) is -0.324. The van der Waals surface area contributed by atoms with Crippen molar-refractivity contribution in [2.45, 2.75) is 13.3 Å². The molecule has 0 saturated heterocycles. The molecule has 0 aromatic heterocycles. The first-order valence-electron chi connectivity index (χ1n) is 4.30. The zero-order valence-electron chi connectivity index (χ0n) is 7.51. The van der Waals surface area contributed by atoms with E-state index in [4.69, 9.17) is 9.94 Å². The van der Waals surface area contributed by atoms with Crippen LogP contribution in [0.5, 0.6) is 0 Å². The Morgan fingerprint density at radius 3 is 3.15 bits per heavy atom. The predicted molar refractivity (Wildman–Crippen MR) is 47.6 cm³/mol. The fourth-order valence-electron chi connectivity index (χ4n) is 1.35. The first-order chi connectivity index (χ1) is 6.27. The smallest absolute Gasteiger partial charge is 0.312 e. The van der Waals surface area contributed by atoms with E-state index in [1.807, 2.05) is 6.08 Å². The average Bonchev–Trinajstić information content (AvgIpc) is 2.54. The summed E-state index contributed by atoms with van der Waals surface area (Å²) in [6, 6.07) is 0. The number of nitrogens with zero attached hydrogens (tertiary/aromatic N) is 1. The number of hydrogen-bond acceptors (Lipinski definition) is 4. The topological polar surface area (TPSA) is 58.9 Å². The van der Waals surface area contributed by atoms with Crippen LogP contribution < -0.4 is 0 Å². The van der Waals surface area contributed by atoms with E-state index >= 15 is 0 Å². The monoisotopic (exact) mass is 183 g/mol. The Hall–Kier alpha value is -1.32. The van der Waals surface area contributed by atoms with Gasteiger partial charge in [-0.25, -0.2) is 0 Å². The highest BCUT2D eigenvalue weighted by atomic mass is 16.5. The van der Waals surface area contributed by atoms with Gasteiger partial charge in [-0.15, -0.1) is 5.16 Å². The number of ether oxygens (including phenoxy) is 1. The molecule has 72 valence electrons. The molecule has 0 fully saturated rings. The highest BCUT2D eigenvalue weighted by molar-refractivity contribution is 5.77. The van der Waals surface area contributed by atoms with Gasteiger partial charge in [-0.1, -0.05) is 12.2 Å². The molecule has 0 aromatic rings. The SMILES string of the molecule is CCOC(=O)[C@H]1C=C[C@@H](/C=N\O)C1. The number of oxime groups is 1. The third kappa shape index (κ3) is 2.57. The molecule has 0 radical (unpaired) electrons. The Kier molecular flexibility index (Phi) is 3.49. The van der Waals surface area contributed by atoms with Crippen molar-refractivity contribution in [1.29, 1.82) is 0 Å². The van der Waals surface area contributed by atoms with Gasteiger partial charge in [-0.05, 0) is 13.3 Å². The maximum atomic E-state index is 11.2. The molecule has 0 bridgehead atoms.